The molecule has 0 radical (unpaired) electrons. The van der Waals surface area contributed by atoms with E-state index < -0.39 is 0 Å². The minimum Gasteiger partial charge on any atom is -0.293 e. The van der Waals surface area contributed by atoms with Crippen molar-refractivity contribution in [1.29, 1.82) is 0 Å². The van der Waals surface area contributed by atoms with Gasteiger partial charge in [-0.05, 0) is 29.8 Å². The molecule has 0 bridgehead atoms. The minimum atomic E-state index is -0.0328. The van der Waals surface area contributed by atoms with Gasteiger partial charge in [-0.3, -0.25) is 4.79 Å². The van der Waals surface area contributed by atoms with Crippen molar-refractivity contribution in [1.82, 2.24) is 0 Å². The van der Waals surface area contributed by atoms with Crippen LogP contribution in [0.1, 0.15) is 15.9 Å². The van der Waals surface area contributed by atoms with E-state index in [2.05, 4.69) is 0 Å². The normalized spacial score (nSPS) is 10.6. The van der Waals surface area contributed by atoms with Gasteiger partial charge in [0, 0.05) is 21.4 Å². The first kappa shape index (κ1) is 15.7. The fraction of sp³-hybridized carbons (Fsp3) is 0.133. The molecule has 0 amide bonds. The SMILES string of the molecule is O=C(CSCc1ccccc1Cl)c1cc(Cl)ccc1Cl. The Kier molecular flexibility index (Phi) is 5.79. The molecule has 0 aliphatic heterocycles. The number of benzene rings is 2. The summed E-state index contributed by atoms with van der Waals surface area (Å²) >= 11 is 19.4. The van der Waals surface area contributed by atoms with Gasteiger partial charge in [0.15, 0.2) is 5.78 Å². The molecule has 0 spiro atoms. The van der Waals surface area contributed by atoms with Crippen LogP contribution < -0.4 is 0 Å². The van der Waals surface area contributed by atoms with E-state index in [1.54, 1.807) is 18.2 Å². The summed E-state index contributed by atoms with van der Waals surface area (Å²) in [6, 6.07) is 12.5. The van der Waals surface area contributed by atoms with Gasteiger partial charge in [0.2, 0.25) is 0 Å². The summed E-state index contributed by atoms with van der Waals surface area (Å²) < 4.78 is 0. The van der Waals surface area contributed by atoms with Crippen LogP contribution in [-0.2, 0) is 5.75 Å². The lowest BCUT2D eigenvalue weighted by Crippen LogP contribution is -2.03. The van der Waals surface area contributed by atoms with E-state index in [1.165, 1.54) is 11.8 Å². The smallest absolute Gasteiger partial charge is 0.174 e. The number of carbonyl (C=O) groups is 1. The van der Waals surface area contributed by atoms with Gasteiger partial charge in [-0.1, -0.05) is 53.0 Å². The lowest BCUT2D eigenvalue weighted by molar-refractivity contribution is 0.102. The molecule has 0 N–H and O–H groups in total. The standard InChI is InChI=1S/C15H11Cl3OS/c16-11-5-6-14(18)12(7-11)15(19)9-20-8-10-3-1-2-4-13(10)17/h1-7H,8-9H2. The summed E-state index contributed by atoms with van der Waals surface area (Å²) in [5, 5.41) is 1.65. The van der Waals surface area contributed by atoms with E-state index in [9.17, 15) is 4.79 Å². The summed E-state index contributed by atoms with van der Waals surface area (Å²) in [5.41, 5.74) is 1.48. The van der Waals surface area contributed by atoms with Crippen molar-refractivity contribution in [2.24, 2.45) is 0 Å². The van der Waals surface area contributed by atoms with Crippen molar-refractivity contribution in [3.8, 4) is 0 Å². The Labute approximate surface area is 137 Å². The topological polar surface area (TPSA) is 17.1 Å². The van der Waals surface area contributed by atoms with Crippen LogP contribution in [0.3, 0.4) is 0 Å². The van der Waals surface area contributed by atoms with E-state index in [1.807, 2.05) is 24.3 Å². The molecule has 2 aromatic carbocycles. The van der Waals surface area contributed by atoms with Crippen LogP contribution in [0, 0.1) is 0 Å². The Morgan fingerprint density at radius 2 is 1.75 bits per heavy atom. The fourth-order valence-electron chi connectivity index (χ4n) is 1.66. The molecule has 0 aromatic heterocycles. The van der Waals surface area contributed by atoms with Crippen LogP contribution in [0.4, 0.5) is 0 Å². The number of hydrogen-bond donors (Lipinski definition) is 0. The second kappa shape index (κ2) is 7.37. The van der Waals surface area contributed by atoms with Crippen molar-refractivity contribution in [3.05, 3.63) is 68.7 Å². The molecule has 0 aliphatic rings. The van der Waals surface area contributed by atoms with Gasteiger partial charge in [0.05, 0.1) is 10.8 Å². The predicted molar refractivity (Wildman–Crippen MR) is 88.4 cm³/mol. The third-order valence-corrected chi connectivity index (χ3v) is 4.59. The lowest BCUT2D eigenvalue weighted by Gasteiger charge is -2.05. The number of ketones is 1. The quantitative estimate of drug-likeness (QED) is 0.640. The Morgan fingerprint density at radius 3 is 2.50 bits per heavy atom. The summed E-state index contributed by atoms with van der Waals surface area (Å²) in [5.74, 6) is 0.990. The minimum absolute atomic E-state index is 0.0328. The van der Waals surface area contributed by atoms with E-state index >= 15 is 0 Å². The molecular formula is C15H11Cl3OS. The monoisotopic (exact) mass is 344 g/mol. The molecule has 20 heavy (non-hydrogen) atoms. The Bertz CT molecular complexity index is 628. The average molecular weight is 346 g/mol. The zero-order valence-corrected chi connectivity index (χ0v) is 13.5. The van der Waals surface area contributed by atoms with Gasteiger partial charge in [-0.2, -0.15) is 0 Å². The molecule has 1 nitrogen and oxygen atoms in total. The molecule has 2 rings (SSSR count). The van der Waals surface area contributed by atoms with Crippen molar-refractivity contribution >= 4 is 52.3 Å². The van der Waals surface area contributed by atoms with Crippen molar-refractivity contribution in [2.45, 2.75) is 5.75 Å². The highest BCUT2D eigenvalue weighted by Gasteiger charge is 2.11. The third kappa shape index (κ3) is 4.16. The van der Waals surface area contributed by atoms with Gasteiger partial charge < -0.3 is 0 Å². The second-order valence-electron chi connectivity index (χ2n) is 4.13. The third-order valence-electron chi connectivity index (χ3n) is 2.68. The Morgan fingerprint density at radius 1 is 1.00 bits per heavy atom. The van der Waals surface area contributed by atoms with Crippen LogP contribution in [-0.4, -0.2) is 11.5 Å². The number of rotatable bonds is 5. The first-order valence-electron chi connectivity index (χ1n) is 5.87. The maximum atomic E-state index is 12.1. The molecule has 0 saturated carbocycles. The van der Waals surface area contributed by atoms with Crippen molar-refractivity contribution in [2.75, 3.05) is 5.75 Å². The number of thioether (sulfide) groups is 1. The van der Waals surface area contributed by atoms with Crippen LogP contribution >= 0.6 is 46.6 Å². The highest BCUT2D eigenvalue weighted by molar-refractivity contribution is 7.99. The highest BCUT2D eigenvalue weighted by Crippen LogP contribution is 2.24. The Hall–Kier alpha value is -0.670. The molecular weight excluding hydrogens is 335 g/mol. The maximum Gasteiger partial charge on any atom is 0.174 e. The summed E-state index contributed by atoms with van der Waals surface area (Å²) in [6.07, 6.45) is 0. The number of Topliss-reactive ketones (excluding diaryl/α,β-unsaturated/α-hetero) is 1. The van der Waals surface area contributed by atoms with Gasteiger partial charge in [0.25, 0.3) is 0 Å². The van der Waals surface area contributed by atoms with Crippen LogP contribution in [0.5, 0.6) is 0 Å². The van der Waals surface area contributed by atoms with Gasteiger partial charge in [-0.25, -0.2) is 0 Å². The van der Waals surface area contributed by atoms with Crippen molar-refractivity contribution < 1.29 is 4.79 Å². The highest BCUT2D eigenvalue weighted by atomic mass is 35.5. The number of carbonyl (C=O) groups excluding carboxylic acids is 1. The van der Waals surface area contributed by atoms with Crippen LogP contribution in [0.15, 0.2) is 42.5 Å². The van der Waals surface area contributed by atoms with E-state index in [0.717, 1.165) is 5.56 Å². The van der Waals surface area contributed by atoms with Crippen molar-refractivity contribution in [3.63, 3.8) is 0 Å². The van der Waals surface area contributed by atoms with E-state index in [-0.39, 0.29) is 5.78 Å². The average Bonchev–Trinajstić information content (AvgIpc) is 2.43. The first-order valence-corrected chi connectivity index (χ1v) is 8.16. The Balaban J connectivity index is 1.96. The van der Waals surface area contributed by atoms with Crippen LogP contribution in [0.25, 0.3) is 0 Å². The molecule has 104 valence electrons. The number of hydrogen-bond acceptors (Lipinski definition) is 2. The summed E-state index contributed by atoms with van der Waals surface area (Å²) in [4.78, 5) is 12.1. The molecule has 0 unspecified atom stereocenters. The molecule has 5 heteroatoms. The first-order chi connectivity index (χ1) is 9.58. The largest absolute Gasteiger partial charge is 0.293 e. The van der Waals surface area contributed by atoms with Gasteiger partial charge in [0.1, 0.15) is 0 Å². The zero-order valence-electron chi connectivity index (χ0n) is 10.4. The lowest BCUT2D eigenvalue weighted by atomic mass is 10.1. The molecule has 2 aromatic rings. The van der Waals surface area contributed by atoms with E-state index in [0.29, 0.717) is 32.1 Å². The molecule has 0 saturated heterocycles. The van der Waals surface area contributed by atoms with Gasteiger partial charge >= 0.3 is 0 Å². The fourth-order valence-corrected chi connectivity index (χ4v) is 3.25. The van der Waals surface area contributed by atoms with E-state index in [4.69, 9.17) is 34.8 Å². The molecule has 0 fully saturated rings. The molecule has 0 heterocycles. The maximum absolute atomic E-state index is 12.1. The van der Waals surface area contributed by atoms with Crippen LogP contribution in [0.2, 0.25) is 15.1 Å². The number of halogens is 3. The summed E-state index contributed by atoms with van der Waals surface area (Å²) in [6.45, 7) is 0. The predicted octanol–water partition coefficient (Wildman–Crippen LogP) is 5.76. The second-order valence-corrected chi connectivity index (χ2v) is 6.37. The van der Waals surface area contributed by atoms with Gasteiger partial charge in [-0.15, -0.1) is 11.8 Å². The molecule has 0 aliphatic carbocycles. The molecule has 0 atom stereocenters. The zero-order chi connectivity index (χ0) is 14.5. The summed E-state index contributed by atoms with van der Waals surface area (Å²) in [7, 11) is 0.